The van der Waals surface area contributed by atoms with E-state index in [-0.39, 0.29) is 5.91 Å². The van der Waals surface area contributed by atoms with E-state index < -0.39 is 5.60 Å². The Kier molecular flexibility index (Phi) is 2.56. The number of hydrogen-bond donors (Lipinski definition) is 1. The van der Waals surface area contributed by atoms with E-state index in [1.165, 1.54) is 6.33 Å². The quantitative estimate of drug-likeness (QED) is 0.877. The van der Waals surface area contributed by atoms with Crippen LogP contribution in [0.4, 0.5) is 0 Å². The van der Waals surface area contributed by atoms with E-state index in [9.17, 15) is 9.90 Å². The zero-order valence-corrected chi connectivity index (χ0v) is 11.9. The minimum Gasteiger partial charge on any atom is -0.386 e. The molecular formula is C14H17N5O2. The number of aliphatic hydroxyl groups is 1. The van der Waals surface area contributed by atoms with Crippen molar-refractivity contribution in [2.45, 2.75) is 31.8 Å². The number of likely N-dealkylation sites (tertiary alicyclic amines) is 1. The van der Waals surface area contributed by atoms with E-state index in [1.54, 1.807) is 15.6 Å². The van der Waals surface area contributed by atoms with Gasteiger partial charge in [-0.3, -0.25) is 4.79 Å². The topological polar surface area (TPSA) is 83.6 Å². The second kappa shape index (κ2) is 4.24. The van der Waals surface area contributed by atoms with Crippen LogP contribution in [0.25, 0.3) is 5.78 Å². The first-order chi connectivity index (χ1) is 10.1. The number of amides is 1. The third-order valence-electron chi connectivity index (χ3n) is 4.52. The Morgan fingerprint density at radius 1 is 1.43 bits per heavy atom. The standard InChI is InChI=1S/C14H17N5O2/c1-2-11-10(5-15-13-16-8-17-19(11)13)12(20)18-6-14(21,7-18)9-3-4-9/h5,8-9,21H,2-4,6-7H2,1H3. The summed E-state index contributed by atoms with van der Waals surface area (Å²) in [5.41, 5.74) is 0.699. The van der Waals surface area contributed by atoms with Crippen molar-refractivity contribution in [3.63, 3.8) is 0 Å². The lowest BCUT2D eigenvalue weighted by atomic mass is 9.88. The van der Waals surface area contributed by atoms with Crippen molar-refractivity contribution in [2.24, 2.45) is 5.92 Å². The summed E-state index contributed by atoms with van der Waals surface area (Å²) >= 11 is 0. The lowest BCUT2D eigenvalue weighted by Crippen LogP contribution is -2.64. The van der Waals surface area contributed by atoms with Crippen LogP contribution >= 0.6 is 0 Å². The molecule has 2 fully saturated rings. The van der Waals surface area contributed by atoms with E-state index in [2.05, 4.69) is 15.1 Å². The van der Waals surface area contributed by atoms with Crippen LogP contribution in [0.3, 0.4) is 0 Å². The molecule has 2 aromatic rings. The van der Waals surface area contributed by atoms with Crippen LogP contribution in [0.15, 0.2) is 12.5 Å². The second-order valence-electron chi connectivity index (χ2n) is 5.98. The van der Waals surface area contributed by atoms with Gasteiger partial charge in [0.2, 0.25) is 0 Å². The highest BCUT2D eigenvalue weighted by atomic mass is 16.3. The molecule has 2 aromatic heterocycles. The molecule has 1 saturated heterocycles. The minimum atomic E-state index is -0.660. The summed E-state index contributed by atoms with van der Waals surface area (Å²) in [5.74, 6) is 0.798. The van der Waals surface area contributed by atoms with Crippen LogP contribution in [-0.4, -0.2) is 54.2 Å². The van der Waals surface area contributed by atoms with Gasteiger partial charge in [-0.05, 0) is 25.2 Å². The average molecular weight is 287 g/mol. The van der Waals surface area contributed by atoms with E-state index >= 15 is 0 Å². The summed E-state index contributed by atoms with van der Waals surface area (Å²) in [7, 11) is 0. The molecule has 0 radical (unpaired) electrons. The summed E-state index contributed by atoms with van der Waals surface area (Å²) < 4.78 is 1.61. The molecule has 3 heterocycles. The monoisotopic (exact) mass is 287 g/mol. The highest BCUT2D eigenvalue weighted by Gasteiger charge is 2.53. The number of carbonyl (C=O) groups excluding carboxylic acids is 1. The van der Waals surface area contributed by atoms with Gasteiger partial charge in [0, 0.05) is 6.20 Å². The lowest BCUT2D eigenvalue weighted by Gasteiger charge is -2.47. The van der Waals surface area contributed by atoms with Crippen molar-refractivity contribution in [2.75, 3.05) is 13.1 Å². The van der Waals surface area contributed by atoms with Crippen molar-refractivity contribution in [1.29, 1.82) is 0 Å². The second-order valence-corrected chi connectivity index (χ2v) is 5.98. The van der Waals surface area contributed by atoms with Crippen LogP contribution in [0.2, 0.25) is 0 Å². The number of nitrogens with zero attached hydrogens (tertiary/aromatic N) is 5. The Hall–Kier alpha value is -2.02. The van der Waals surface area contributed by atoms with Crippen molar-refractivity contribution >= 4 is 11.7 Å². The van der Waals surface area contributed by atoms with E-state index in [1.807, 2.05) is 6.92 Å². The first-order valence-corrected chi connectivity index (χ1v) is 7.31. The van der Waals surface area contributed by atoms with Crippen LogP contribution in [0.1, 0.15) is 35.8 Å². The molecular weight excluding hydrogens is 270 g/mol. The summed E-state index contributed by atoms with van der Waals surface area (Å²) in [6.45, 7) is 2.83. The van der Waals surface area contributed by atoms with Gasteiger partial charge in [0.25, 0.3) is 11.7 Å². The van der Waals surface area contributed by atoms with E-state index in [0.717, 1.165) is 18.5 Å². The maximum atomic E-state index is 12.6. The third kappa shape index (κ3) is 1.84. The molecule has 1 N–H and O–H groups in total. The molecule has 0 unspecified atom stereocenters. The van der Waals surface area contributed by atoms with Gasteiger partial charge in [0.1, 0.15) is 11.9 Å². The smallest absolute Gasteiger partial charge is 0.257 e. The van der Waals surface area contributed by atoms with Crippen LogP contribution < -0.4 is 0 Å². The van der Waals surface area contributed by atoms with E-state index in [0.29, 0.717) is 36.8 Å². The summed E-state index contributed by atoms with van der Waals surface area (Å²) in [4.78, 5) is 22.5. The Labute approximate surface area is 121 Å². The zero-order chi connectivity index (χ0) is 14.6. The average Bonchev–Trinajstić information content (AvgIpc) is 3.20. The number of hydrogen-bond acceptors (Lipinski definition) is 5. The van der Waals surface area contributed by atoms with Crippen molar-refractivity contribution in [1.82, 2.24) is 24.5 Å². The molecule has 1 aliphatic carbocycles. The van der Waals surface area contributed by atoms with E-state index in [4.69, 9.17) is 0 Å². The van der Waals surface area contributed by atoms with Crippen LogP contribution in [0.5, 0.6) is 0 Å². The Balaban J connectivity index is 1.62. The maximum absolute atomic E-state index is 12.6. The molecule has 110 valence electrons. The predicted molar refractivity (Wildman–Crippen MR) is 73.7 cm³/mol. The molecule has 4 rings (SSSR count). The zero-order valence-electron chi connectivity index (χ0n) is 11.9. The number of aromatic nitrogens is 4. The van der Waals surface area contributed by atoms with Crippen molar-refractivity contribution in [3.8, 4) is 0 Å². The van der Waals surface area contributed by atoms with Gasteiger partial charge >= 0.3 is 0 Å². The first kappa shape index (κ1) is 12.7. The number of carbonyl (C=O) groups is 1. The van der Waals surface area contributed by atoms with Gasteiger partial charge in [0.05, 0.1) is 24.3 Å². The molecule has 0 spiro atoms. The molecule has 7 heteroatoms. The Morgan fingerprint density at radius 3 is 2.86 bits per heavy atom. The van der Waals surface area contributed by atoms with Crippen molar-refractivity contribution in [3.05, 3.63) is 23.8 Å². The largest absolute Gasteiger partial charge is 0.386 e. The highest BCUT2D eigenvalue weighted by molar-refractivity contribution is 5.96. The number of fused-ring (bicyclic) bond motifs is 1. The summed E-state index contributed by atoms with van der Waals surface area (Å²) in [6.07, 6.45) is 5.82. The number of rotatable bonds is 3. The lowest BCUT2D eigenvalue weighted by molar-refractivity contribution is -0.0958. The Bertz CT molecular complexity index is 715. The molecule has 1 amide bonds. The van der Waals surface area contributed by atoms with Gasteiger partial charge in [0.15, 0.2) is 0 Å². The van der Waals surface area contributed by atoms with Crippen LogP contribution in [0, 0.1) is 5.92 Å². The normalized spacial score (nSPS) is 20.6. The fraction of sp³-hybridized carbons (Fsp3) is 0.571. The number of aryl methyl sites for hydroxylation is 1. The molecule has 2 aliphatic rings. The molecule has 0 atom stereocenters. The first-order valence-electron chi connectivity index (χ1n) is 7.31. The maximum Gasteiger partial charge on any atom is 0.257 e. The minimum absolute atomic E-state index is 0.0814. The van der Waals surface area contributed by atoms with Gasteiger partial charge in [-0.1, -0.05) is 6.92 Å². The van der Waals surface area contributed by atoms with Gasteiger partial charge in [-0.2, -0.15) is 10.1 Å². The fourth-order valence-electron chi connectivity index (χ4n) is 3.15. The SMILES string of the molecule is CCc1c(C(=O)N2CC(O)(C3CC3)C2)cnc2ncnn12. The van der Waals surface area contributed by atoms with Gasteiger partial charge in [-0.25, -0.2) is 9.50 Å². The molecule has 0 aromatic carbocycles. The molecule has 21 heavy (non-hydrogen) atoms. The summed E-state index contributed by atoms with van der Waals surface area (Å²) in [6, 6.07) is 0. The van der Waals surface area contributed by atoms with Crippen molar-refractivity contribution < 1.29 is 9.90 Å². The Morgan fingerprint density at radius 2 is 2.19 bits per heavy atom. The van der Waals surface area contributed by atoms with Gasteiger partial charge < -0.3 is 10.0 Å². The molecule has 1 aliphatic heterocycles. The molecule has 1 saturated carbocycles. The molecule has 0 bridgehead atoms. The third-order valence-corrected chi connectivity index (χ3v) is 4.52. The fourth-order valence-corrected chi connectivity index (χ4v) is 3.15. The summed E-state index contributed by atoms with van der Waals surface area (Å²) in [5, 5.41) is 14.5. The molecule has 7 nitrogen and oxygen atoms in total. The number of β-amino-alcohol motifs (C(OH)–C–C–N with tert-alkyl or cyclic N) is 1. The highest BCUT2D eigenvalue weighted by Crippen LogP contribution is 2.44. The van der Waals surface area contributed by atoms with Gasteiger partial charge in [-0.15, -0.1) is 0 Å². The van der Waals surface area contributed by atoms with Crippen LogP contribution in [-0.2, 0) is 6.42 Å². The predicted octanol–water partition coefficient (Wildman–Crippen LogP) is 0.284.